The Morgan fingerprint density at radius 2 is 1.68 bits per heavy atom. The highest BCUT2D eigenvalue weighted by atomic mass is 32.2. The highest BCUT2D eigenvalue weighted by Gasteiger charge is 2.13. The van der Waals surface area contributed by atoms with Crippen molar-refractivity contribution in [3.63, 3.8) is 0 Å². The molecule has 2 aromatic carbocycles. The van der Waals surface area contributed by atoms with Crippen molar-refractivity contribution in [2.24, 2.45) is 0 Å². The van der Waals surface area contributed by atoms with Crippen LogP contribution in [0.4, 0.5) is 5.82 Å². The third-order valence-corrected chi connectivity index (χ3v) is 5.04. The van der Waals surface area contributed by atoms with Crippen LogP contribution in [0.5, 0.6) is 0 Å². The van der Waals surface area contributed by atoms with E-state index in [2.05, 4.69) is 47.6 Å². The van der Waals surface area contributed by atoms with Crippen LogP contribution in [0.3, 0.4) is 0 Å². The highest BCUT2D eigenvalue weighted by Crippen LogP contribution is 2.23. The Morgan fingerprint density at radius 1 is 0.960 bits per heavy atom. The normalized spacial score (nSPS) is 11.3. The van der Waals surface area contributed by atoms with Crippen LogP contribution in [0.25, 0.3) is 11.1 Å². The summed E-state index contributed by atoms with van der Waals surface area (Å²) in [6, 6.07) is 19.7. The molecule has 1 N–H and O–H groups in total. The molecule has 0 saturated carbocycles. The molecule has 0 radical (unpaired) electrons. The monoisotopic (exact) mass is 352 g/mol. The molecule has 1 aromatic heterocycles. The lowest BCUT2D eigenvalue weighted by Gasteiger charge is -2.11. The number of hydrogen-bond acceptors (Lipinski definition) is 4. The van der Waals surface area contributed by atoms with Gasteiger partial charge in [-0.15, -0.1) is 0 Å². The first kappa shape index (κ1) is 17.2. The molecule has 5 heteroatoms. The van der Waals surface area contributed by atoms with Crippen molar-refractivity contribution < 1.29 is 8.42 Å². The first-order valence-corrected chi connectivity index (χ1v) is 9.87. The first-order chi connectivity index (χ1) is 11.9. The van der Waals surface area contributed by atoms with Gasteiger partial charge in [0, 0.05) is 19.0 Å². The minimum absolute atomic E-state index is 0.213. The molecule has 0 aliphatic heterocycles. The van der Waals surface area contributed by atoms with E-state index in [9.17, 15) is 8.42 Å². The fraction of sp³-hybridized carbons (Fsp3) is 0.150. The molecular formula is C20H20N2O2S. The zero-order chi connectivity index (χ0) is 17.9. The number of nitrogens with one attached hydrogen (secondary N) is 1. The zero-order valence-electron chi connectivity index (χ0n) is 14.2. The predicted octanol–water partition coefficient (Wildman–Crippen LogP) is 4.07. The minimum Gasteiger partial charge on any atom is -0.365 e. The van der Waals surface area contributed by atoms with Gasteiger partial charge in [0.25, 0.3) is 0 Å². The van der Waals surface area contributed by atoms with Gasteiger partial charge in [-0.1, -0.05) is 48.0 Å². The summed E-state index contributed by atoms with van der Waals surface area (Å²) in [5.41, 5.74) is 4.57. The van der Waals surface area contributed by atoms with E-state index in [1.807, 2.05) is 18.2 Å². The number of pyridine rings is 1. The molecular weight excluding hydrogens is 332 g/mol. The largest absolute Gasteiger partial charge is 0.365 e. The Morgan fingerprint density at radius 3 is 2.40 bits per heavy atom. The molecule has 3 aromatic rings. The maximum Gasteiger partial charge on any atom is 0.179 e. The second-order valence-electron chi connectivity index (χ2n) is 6.05. The predicted molar refractivity (Wildman–Crippen MR) is 101 cm³/mol. The molecule has 0 bridgehead atoms. The Kier molecular flexibility index (Phi) is 4.86. The van der Waals surface area contributed by atoms with Crippen molar-refractivity contribution in [1.29, 1.82) is 0 Å². The van der Waals surface area contributed by atoms with Crippen molar-refractivity contribution in [1.82, 2.24) is 4.98 Å². The van der Waals surface area contributed by atoms with Gasteiger partial charge in [-0.25, -0.2) is 13.4 Å². The Labute approximate surface area is 148 Å². The maximum atomic E-state index is 11.9. The molecule has 0 spiro atoms. The number of anilines is 1. The molecule has 1 heterocycles. The van der Waals surface area contributed by atoms with Gasteiger partial charge in [-0.05, 0) is 41.8 Å². The molecule has 3 rings (SSSR count). The fourth-order valence-electron chi connectivity index (χ4n) is 2.69. The number of nitrogens with zero attached hydrogens (tertiary/aromatic N) is 1. The summed E-state index contributed by atoms with van der Waals surface area (Å²) in [6.45, 7) is 2.57. The van der Waals surface area contributed by atoms with Crippen molar-refractivity contribution in [3.8, 4) is 11.1 Å². The number of hydrogen-bond donors (Lipinski definition) is 1. The number of sulfone groups is 1. The molecule has 25 heavy (non-hydrogen) atoms. The number of rotatable bonds is 5. The quantitative estimate of drug-likeness (QED) is 0.752. The molecule has 0 fully saturated rings. The zero-order valence-corrected chi connectivity index (χ0v) is 15.0. The SMILES string of the molecule is Cc1cccc(-c2cccc(CNc3ncccc3S(C)(=O)=O)c2)c1. The van der Waals surface area contributed by atoms with E-state index in [0.717, 1.165) is 16.7 Å². The van der Waals surface area contributed by atoms with Crippen molar-refractivity contribution in [2.45, 2.75) is 18.4 Å². The van der Waals surface area contributed by atoms with Gasteiger partial charge in [-0.2, -0.15) is 0 Å². The van der Waals surface area contributed by atoms with Gasteiger partial charge in [0.05, 0.1) is 0 Å². The topological polar surface area (TPSA) is 59.1 Å². The molecule has 4 nitrogen and oxygen atoms in total. The van der Waals surface area contributed by atoms with Crippen LogP contribution in [0.1, 0.15) is 11.1 Å². The van der Waals surface area contributed by atoms with E-state index in [1.165, 1.54) is 11.8 Å². The van der Waals surface area contributed by atoms with Crippen molar-refractivity contribution in [3.05, 3.63) is 78.0 Å². The summed E-state index contributed by atoms with van der Waals surface area (Å²) < 4.78 is 23.7. The van der Waals surface area contributed by atoms with Crippen LogP contribution < -0.4 is 5.32 Å². The van der Waals surface area contributed by atoms with Crippen LogP contribution in [0.15, 0.2) is 71.8 Å². The Bertz CT molecular complexity index is 998. The molecule has 0 aliphatic rings. The van der Waals surface area contributed by atoms with Crippen LogP contribution in [0.2, 0.25) is 0 Å². The second kappa shape index (κ2) is 7.07. The van der Waals surface area contributed by atoms with E-state index in [1.54, 1.807) is 18.3 Å². The third-order valence-electron chi connectivity index (χ3n) is 3.91. The number of aryl methyl sites for hydroxylation is 1. The van der Waals surface area contributed by atoms with Crippen molar-refractivity contribution >= 4 is 15.7 Å². The second-order valence-corrected chi connectivity index (χ2v) is 8.03. The summed E-state index contributed by atoms with van der Waals surface area (Å²) in [4.78, 5) is 4.37. The summed E-state index contributed by atoms with van der Waals surface area (Å²) >= 11 is 0. The third kappa shape index (κ3) is 4.25. The standard InChI is InChI=1S/C20H20N2O2S/c1-15-6-3-8-17(12-15)18-9-4-7-16(13-18)14-22-20-19(25(2,23)24)10-5-11-21-20/h3-13H,14H2,1-2H3,(H,21,22). The lowest BCUT2D eigenvalue weighted by molar-refractivity contribution is 0.601. The van der Waals surface area contributed by atoms with E-state index < -0.39 is 9.84 Å². The van der Waals surface area contributed by atoms with Gasteiger partial charge in [0.15, 0.2) is 9.84 Å². The summed E-state index contributed by atoms with van der Waals surface area (Å²) in [7, 11) is -3.32. The summed E-state index contributed by atoms with van der Waals surface area (Å²) in [5, 5.41) is 3.14. The Hall–Kier alpha value is -2.66. The van der Waals surface area contributed by atoms with Crippen LogP contribution in [-0.4, -0.2) is 19.7 Å². The maximum absolute atomic E-state index is 11.9. The summed E-state index contributed by atoms with van der Waals surface area (Å²) in [6.07, 6.45) is 2.77. The van der Waals surface area contributed by atoms with Gasteiger partial charge >= 0.3 is 0 Å². The lowest BCUT2D eigenvalue weighted by Crippen LogP contribution is -2.07. The molecule has 0 unspecified atom stereocenters. The molecule has 0 saturated heterocycles. The number of aromatic nitrogens is 1. The molecule has 128 valence electrons. The van der Waals surface area contributed by atoms with Crippen LogP contribution >= 0.6 is 0 Å². The van der Waals surface area contributed by atoms with Crippen LogP contribution in [0, 0.1) is 6.92 Å². The number of benzene rings is 2. The van der Waals surface area contributed by atoms with Crippen molar-refractivity contribution in [2.75, 3.05) is 11.6 Å². The average Bonchev–Trinajstić information content (AvgIpc) is 2.60. The minimum atomic E-state index is -3.32. The Balaban J connectivity index is 1.83. The molecule has 0 amide bonds. The summed E-state index contributed by atoms with van der Waals surface area (Å²) in [5.74, 6) is 0.381. The molecule has 0 aliphatic carbocycles. The van der Waals surface area contributed by atoms with Gasteiger partial charge < -0.3 is 5.32 Å². The lowest BCUT2D eigenvalue weighted by atomic mass is 10.0. The van der Waals surface area contributed by atoms with Gasteiger partial charge in [-0.3, -0.25) is 0 Å². The van der Waals surface area contributed by atoms with Gasteiger partial charge in [0.2, 0.25) is 0 Å². The van der Waals surface area contributed by atoms with E-state index in [-0.39, 0.29) is 4.90 Å². The fourth-order valence-corrected chi connectivity index (χ4v) is 3.50. The highest BCUT2D eigenvalue weighted by molar-refractivity contribution is 7.90. The van der Waals surface area contributed by atoms with Crippen LogP contribution in [-0.2, 0) is 16.4 Å². The van der Waals surface area contributed by atoms with E-state index in [0.29, 0.717) is 12.4 Å². The first-order valence-electron chi connectivity index (χ1n) is 7.98. The van der Waals surface area contributed by atoms with E-state index in [4.69, 9.17) is 0 Å². The molecule has 0 atom stereocenters. The average molecular weight is 352 g/mol. The smallest absolute Gasteiger partial charge is 0.179 e. The van der Waals surface area contributed by atoms with Gasteiger partial charge in [0.1, 0.15) is 10.7 Å². The van der Waals surface area contributed by atoms with E-state index >= 15 is 0 Å².